The second-order valence-corrected chi connectivity index (χ2v) is 5.00. The number of H-pyrrole nitrogens is 1. The van der Waals surface area contributed by atoms with E-state index in [1.807, 2.05) is 48.5 Å². The number of hydrogen-bond donors (Lipinski definition) is 2. The molecule has 0 aliphatic heterocycles. The molecule has 23 heavy (non-hydrogen) atoms. The minimum Gasteiger partial charge on any atom is -0.497 e. The first-order chi connectivity index (χ1) is 11.2. The van der Waals surface area contributed by atoms with Crippen LogP contribution in [0.25, 0.3) is 11.4 Å². The van der Waals surface area contributed by atoms with Crippen LogP contribution in [0.2, 0.25) is 0 Å². The Morgan fingerprint density at radius 2 is 1.87 bits per heavy atom. The molecule has 0 spiro atoms. The van der Waals surface area contributed by atoms with Gasteiger partial charge < -0.3 is 15.2 Å². The number of hydrogen-bond acceptors (Lipinski definition) is 5. The highest BCUT2D eigenvalue weighted by molar-refractivity contribution is 5.63. The average molecular weight is 310 g/mol. The van der Waals surface area contributed by atoms with Gasteiger partial charge in [0, 0.05) is 0 Å². The Labute approximate surface area is 134 Å². The van der Waals surface area contributed by atoms with E-state index < -0.39 is 6.04 Å². The Balaban J connectivity index is 1.92. The molecule has 0 amide bonds. The maximum atomic E-state index is 6.28. The maximum absolute atomic E-state index is 6.28. The fourth-order valence-electron chi connectivity index (χ4n) is 2.36. The summed E-state index contributed by atoms with van der Waals surface area (Å²) >= 11 is 0. The summed E-state index contributed by atoms with van der Waals surface area (Å²) in [6.07, 6.45) is 0. The van der Waals surface area contributed by atoms with Crippen molar-refractivity contribution in [2.75, 3.05) is 14.2 Å². The summed E-state index contributed by atoms with van der Waals surface area (Å²) in [5.41, 5.74) is 7.99. The van der Waals surface area contributed by atoms with Crippen LogP contribution in [0, 0.1) is 0 Å². The lowest BCUT2D eigenvalue weighted by Crippen LogP contribution is -2.13. The van der Waals surface area contributed by atoms with Crippen molar-refractivity contribution in [3.8, 4) is 22.9 Å². The molecule has 2 aromatic carbocycles. The van der Waals surface area contributed by atoms with Crippen LogP contribution in [-0.4, -0.2) is 29.4 Å². The predicted molar refractivity (Wildman–Crippen MR) is 87.4 cm³/mol. The molecule has 0 aliphatic rings. The summed E-state index contributed by atoms with van der Waals surface area (Å²) in [7, 11) is 3.24. The molecule has 1 atom stereocenters. The van der Waals surface area contributed by atoms with E-state index in [1.165, 1.54) is 0 Å². The van der Waals surface area contributed by atoms with Gasteiger partial charge in [0.05, 0.1) is 25.8 Å². The quantitative estimate of drug-likeness (QED) is 0.756. The number of benzene rings is 2. The van der Waals surface area contributed by atoms with Gasteiger partial charge in [-0.1, -0.05) is 24.3 Å². The molecule has 3 aromatic rings. The molecule has 0 saturated heterocycles. The smallest absolute Gasteiger partial charge is 0.184 e. The van der Waals surface area contributed by atoms with E-state index in [2.05, 4.69) is 15.2 Å². The number of nitrogens with two attached hydrogens (primary N) is 1. The largest absolute Gasteiger partial charge is 0.497 e. The zero-order valence-electron chi connectivity index (χ0n) is 13.0. The van der Waals surface area contributed by atoms with Crippen molar-refractivity contribution in [1.29, 1.82) is 0 Å². The molecule has 1 heterocycles. The van der Waals surface area contributed by atoms with Crippen molar-refractivity contribution in [3.05, 3.63) is 59.9 Å². The fraction of sp³-hybridized carbons (Fsp3) is 0.176. The number of nitrogens with one attached hydrogen (secondary N) is 1. The fourth-order valence-corrected chi connectivity index (χ4v) is 2.36. The minimum absolute atomic E-state index is 0.416. The zero-order valence-corrected chi connectivity index (χ0v) is 13.0. The van der Waals surface area contributed by atoms with Crippen LogP contribution < -0.4 is 15.2 Å². The van der Waals surface area contributed by atoms with Crippen molar-refractivity contribution in [2.45, 2.75) is 6.04 Å². The van der Waals surface area contributed by atoms with Crippen LogP contribution in [0.3, 0.4) is 0 Å². The van der Waals surface area contributed by atoms with Gasteiger partial charge in [0.25, 0.3) is 0 Å². The van der Waals surface area contributed by atoms with Gasteiger partial charge in [0.15, 0.2) is 5.82 Å². The first kappa shape index (κ1) is 15.1. The Kier molecular flexibility index (Phi) is 4.25. The molecule has 6 heteroatoms. The van der Waals surface area contributed by atoms with Crippen molar-refractivity contribution in [3.63, 3.8) is 0 Å². The molecule has 0 saturated carbocycles. The van der Waals surface area contributed by atoms with Crippen LogP contribution in [-0.2, 0) is 0 Å². The number of rotatable bonds is 5. The van der Waals surface area contributed by atoms with Crippen molar-refractivity contribution in [2.24, 2.45) is 5.73 Å². The average Bonchev–Trinajstić information content (AvgIpc) is 3.11. The standard InChI is InChI=1S/C17H18N4O2/c1-22-12-7-5-6-11(10-12)15(18)17-19-16(20-21-17)13-8-3-4-9-14(13)23-2/h3-10,15H,18H2,1-2H3,(H,19,20,21)/t15-/m0/s1. The second-order valence-electron chi connectivity index (χ2n) is 5.00. The molecule has 0 unspecified atom stereocenters. The van der Waals surface area contributed by atoms with Crippen molar-refractivity contribution >= 4 is 0 Å². The third kappa shape index (κ3) is 3.02. The highest BCUT2D eigenvalue weighted by Gasteiger charge is 2.17. The molecule has 0 radical (unpaired) electrons. The molecule has 3 rings (SSSR count). The van der Waals surface area contributed by atoms with E-state index in [0.29, 0.717) is 17.4 Å². The van der Waals surface area contributed by atoms with Gasteiger partial charge in [-0.15, -0.1) is 0 Å². The van der Waals surface area contributed by atoms with E-state index in [4.69, 9.17) is 15.2 Å². The number of methoxy groups -OCH3 is 2. The van der Waals surface area contributed by atoms with E-state index in [1.54, 1.807) is 14.2 Å². The molecule has 6 nitrogen and oxygen atoms in total. The summed E-state index contributed by atoms with van der Waals surface area (Å²) < 4.78 is 10.6. The number of aromatic amines is 1. The highest BCUT2D eigenvalue weighted by Crippen LogP contribution is 2.28. The first-order valence-electron chi connectivity index (χ1n) is 7.18. The van der Waals surface area contributed by atoms with E-state index >= 15 is 0 Å². The third-order valence-electron chi connectivity index (χ3n) is 3.60. The second kappa shape index (κ2) is 6.50. The van der Waals surface area contributed by atoms with Crippen LogP contribution in [0.15, 0.2) is 48.5 Å². The summed E-state index contributed by atoms with van der Waals surface area (Å²) in [6.45, 7) is 0. The van der Waals surface area contributed by atoms with Gasteiger partial charge in [-0.2, -0.15) is 5.10 Å². The zero-order chi connectivity index (χ0) is 16.2. The summed E-state index contributed by atoms with van der Waals surface area (Å²) in [4.78, 5) is 4.51. The van der Waals surface area contributed by atoms with Crippen LogP contribution in [0.1, 0.15) is 17.4 Å². The molecule has 1 aromatic heterocycles. The number of ether oxygens (including phenoxy) is 2. The van der Waals surface area contributed by atoms with Gasteiger partial charge in [0.1, 0.15) is 17.3 Å². The molecule has 3 N–H and O–H groups in total. The van der Waals surface area contributed by atoms with Crippen LogP contribution in [0.4, 0.5) is 0 Å². The monoisotopic (exact) mass is 310 g/mol. The lowest BCUT2D eigenvalue weighted by molar-refractivity contribution is 0.414. The molecule has 0 aliphatic carbocycles. The van der Waals surface area contributed by atoms with E-state index in [0.717, 1.165) is 16.9 Å². The van der Waals surface area contributed by atoms with Gasteiger partial charge in [-0.3, -0.25) is 5.10 Å². The summed E-state index contributed by atoms with van der Waals surface area (Å²) in [5, 5.41) is 7.17. The molecule has 0 fully saturated rings. The van der Waals surface area contributed by atoms with E-state index in [9.17, 15) is 0 Å². The number of nitrogens with zero attached hydrogens (tertiary/aromatic N) is 2. The highest BCUT2D eigenvalue weighted by atomic mass is 16.5. The predicted octanol–water partition coefficient (Wildman–Crippen LogP) is 2.54. The lowest BCUT2D eigenvalue weighted by Gasteiger charge is -2.10. The van der Waals surface area contributed by atoms with Gasteiger partial charge >= 0.3 is 0 Å². The minimum atomic E-state index is -0.416. The maximum Gasteiger partial charge on any atom is 0.184 e. The molecular weight excluding hydrogens is 292 g/mol. The summed E-state index contributed by atoms with van der Waals surface area (Å²) in [6, 6.07) is 14.8. The molecule has 0 bridgehead atoms. The van der Waals surface area contributed by atoms with Crippen molar-refractivity contribution in [1.82, 2.24) is 15.2 Å². The van der Waals surface area contributed by atoms with Gasteiger partial charge in [0.2, 0.25) is 0 Å². The van der Waals surface area contributed by atoms with Gasteiger partial charge in [-0.05, 0) is 29.8 Å². The Morgan fingerprint density at radius 1 is 1.04 bits per heavy atom. The first-order valence-corrected chi connectivity index (χ1v) is 7.18. The lowest BCUT2D eigenvalue weighted by atomic mass is 10.1. The summed E-state index contributed by atoms with van der Waals surface area (Å²) in [5.74, 6) is 2.60. The SMILES string of the molecule is COc1cccc([C@H](N)c2nc(-c3ccccc3OC)n[nH]2)c1. The Bertz CT molecular complexity index is 801. The number of para-hydroxylation sites is 1. The van der Waals surface area contributed by atoms with Crippen LogP contribution in [0.5, 0.6) is 11.5 Å². The third-order valence-corrected chi connectivity index (χ3v) is 3.60. The van der Waals surface area contributed by atoms with E-state index in [-0.39, 0.29) is 0 Å². The molecular formula is C17H18N4O2. The normalized spacial score (nSPS) is 12.0. The Hall–Kier alpha value is -2.86. The van der Waals surface area contributed by atoms with Gasteiger partial charge in [-0.25, -0.2) is 4.98 Å². The topological polar surface area (TPSA) is 86.1 Å². The molecule has 118 valence electrons. The number of aromatic nitrogens is 3. The van der Waals surface area contributed by atoms with Crippen molar-refractivity contribution < 1.29 is 9.47 Å². The Morgan fingerprint density at radius 3 is 2.65 bits per heavy atom. The van der Waals surface area contributed by atoms with Crippen LogP contribution >= 0.6 is 0 Å².